The zero-order valence-corrected chi connectivity index (χ0v) is 27.5. The number of aromatic nitrogens is 1. The summed E-state index contributed by atoms with van der Waals surface area (Å²) >= 11 is 0. The predicted molar refractivity (Wildman–Crippen MR) is 212 cm³/mol. The van der Waals surface area contributed by atoms with Crippen molar-refractivity contribution in [3.05, 3.63) is 206 Å². The van der Waals surface area contributed by atoms with E-state index < -0.39 is 0 Å². The zero-order chi connectivity index (χ0) is 33.3. The molecule has 2 heteroatoms. The molecule has 0 aliphatic rings. The fourth-order valence-corrected chi connectivity index (χ4v) is 7.12. The van der Waals surface area contributed by atoms with Crippen molar-refractivity contribution in [2.24, 2.45) is 0 Å². The molecule has 50 heavy (non-hydrogen) atoms. The van der Waals surface area contributed by atoms with Crippen LogP contribution in [0.2, 0.25) is 0 Å². The molecule has 0 saturated carbocycles. The van der Waals surface area contributed by atoms with Gasteiger partial charge < -0.3 is 9.47 Å². The van der Waals surface area contributed by atoms with Crippen LogP contribution in [-0.4, -0.2) is 4.57 Å². The molecular weight excluding hydrogens is 605 g/mol. The van der Waals surface area contributed by atoms with Crippen LogP contribution in [0.1, 0.15) is 0 Å². The molecular formula is C48H34N2. The average Bonchev–Trinajstić information content (AvgIpc) is 3.54. The minimum absolute atomic E-state index is 1.11. The van der Waals surface area contributed by atoms with Gasteiger partial charge in [-0.2, -0.15) is 0 Å². The smallest absolute Gasteiger partial charge is 0.0541 e. The molecule has 1 aromatic heterocycles. The summed E-state index contributed by atoms with van der Waals surface area (Å²) in [6, 6.07) is 74.0. The lowest BCUT2D eigenvalue weighted by Crippen LogP contribution is -2.09. The van der Waals surface area contributed by atoms with Gasteiger partial charge in [-0.1, -0.05) is 146 Å². The van der Waals surface area contributed by atoms with Crippen molar-refractivity contribution >= 4 is 38.9 Å². The molecule has 0 N–H and O–H groups in total. The van der Waals surface area contributed by atoms with Gasteiger partial charge in [0.05, 0.1) is 11.0 Å². The van der Waals surface area contributed by atoms with E-state index in [2.05, 4.69) is 216 Å². The number of hydrogen-bond donors (Lipinski definition) is 0. The maximum Gasteiger partial charge on any atom is 0.0541 e. The lowest BCUT2D eigenvalue weighted by molar-refractivity contribution is 1.18. The van der Waals surface area contributed by atoms with Crippen LogP contribution in [0.4, 0.5) is 17.1 Å². The van der Waals surface area contributed by atoms with Gasteiger partial charge in [0, 0.05) is 33.5 Å². The van der Waals surface area contributed by atoms with E-state index >= 15 is 0 Å². The van der Waals surface area contributed by atoms with Gasteiger partial charge in [0.15, 0.2) is 0 Å². The largest absolute Gasteiger partial charge is 0.311 e. The summed E-state index contributed by atoms with van der Waals surface area (Å²) < 4.78 is 2.36. The molecule has 0 amide bonds. The summed E-state index contributed by atoms with van der Waals surface area (Å²) in [4.78, 5) is 2.33. The van der Waals surface area contributed by atoms with Crippen LogP contribution in [-0.2, 0) is 0 Å². The van der Waals surface area contributed by atoms with Gasteiger partial charge in [-0.15, -0.1) is 0 Å². The monoisotopic (exact) mass is 638 g/mol. The van der Waals surface area contributed by atoms with Crippen molar-refractivity contribution in [1.82, 2.24) is 4.57 Å². The van der Waals surface area contributed by atoms with Crippen molar-refractivity contribution < 1.29 is 0 Å². The number of anilines is 3. The van der Waals surface area contributed by atoms with Crippen molar-refractivity contribution in [3.63, 3.8) is 0 Å². The van der Waals surface area contributed by atoms with E-state index in [1.54, 1.807) is 0 Å². The summed E-state index contributed by atoms with van der Waals surface area (Å²) in [5, 5.41) is 2.55. The summed E-state index contributed by atoms with van der Waals surface area (Å²) in [7, 11) is 0. The summed E-state index contributed by atoms with van der Waals surface area (Å²) in [6.07, 6.45) is 0. The van der Waals surface area contributed by atoms with Gasteiger partial charge in [0.25, 0.3) is 0 Å². The SMILES string of the molecule is c1ccc(-c2ccc(N(c3ccc(-c4ccccc4)cc3)c3ccc(-c4ccc(-n5c6ccccc6c6ccccc65)cc4)cc3)cc2)cc1. The van der Waals surface area contributed by atoms with Gasteiger partial charge >= 0.3 is 0 Å². The van der Waals surface area contributed by atoms with Crippen molar-refractivity contribution in [2.45, 2.75) is 0 Å². The van der Waals surface area contributed by atoms with Crippen LogP contribution in [0.3, 0.4) is 0 Å². The van der Waals surface area contributed by atoms with Gasteiger partial charge in [0.1, 0.15) is 0 Å². The van der Waals surface area contributed by atoms with E-state index in [1.807, 2.05) is 0 Å². The normalized spacial score (nSPS) is 11.2. The second kappa shape index (κ2) is 12.8. The van der Waals surface area contributed by atoms with Crippen LogP contribution >= 0.6 is 0 Å². The summed E-state index contributed by atoms with van der Waals surface area (Å²) in [5.74, 6) is 0. The van der Waals surface area contributed by atoms with E-state index in [0.717, 1.165) is 22.7 Å². The minimum Gasteiger partial charge on any atom is -0.311 e. The number of fused-ring (bicyclic) bond motifs is 3. The third-order valence-electron chi connectivity index (χ3n) is 9.63. The molecule has 0 unspecified atom stereocenters. The van der Waals surface area contributed by atoms with Crippen LogP contribution < -0.4 is 4.90 Å². The first-order valence-electron chi connectivity index (χ1n) is 17.1. The Labute approximate surface area is 292 Å². The Bertz CT molecular complexity index is 2390. The quantitative estimate of drug-likeness (QED) is 0.169. The van der Waals surface area contributed by atoms with Crippen LogP contribution in [0.25, 0.3) is 60.9 Å². The van der Waals surface area contributed by atoms with Crippen molar-refractivity contribution in [2.75, 3.05) is 4.90 Å². The number of benzene rings is 8. The first kappa shape index (κ1) is 29.5. The fraction of sp³-hybridized carbons (Fsp3) is 0. The summed E-state index contributed by atoms with van der Waals surface area (Å²) in [6.45, 7) is 0. The molecule has 1 heterocycles. The maximum absolute atomic E-state index is 2.36. The standard InChI is InChI=1S/C48H34N2/c1-3-11-35(12-4-1)37-19-27-41(28-20-37)49(42-29-21-38(22-30-42)36-13-5-2-6-14-36)43-31-23-39(24-32-43)40-25-33-44(34-26-40)50-47-17-9-7-15-45(47)46-16-8-10-18-48(46)50/h1-34H. The highest BCUT2D eigenvalue weighted by molar-refractivity contribution is 6.09. The lowest BCUT2D eigenvalue weighted by Gasteiger charge is -2.26. The molecule has 0 aliphatic heterocycles. The number of hydrogen-bond acceptors (Lipinski definition) is 1. The molecule has 0 spiro atoms. The molecule has 236 valence electrons. The second-order valence-electron chi connectivity index (χ2n) is 12.6. The molecule has 9 rings (SSSR count). The molecule has 0 atom stereocenters. The van der Waals surface area contributed by atoms with Gasteiger partial charge in [0.2, 0.25) is 0 Å². The van der Waals surface area contributed by atoms with Crippen LogP contribution in [0.15, 0.2) is 206 Å². The van der Waals surface area contributed by atoms with Crippen LogP contribution in [0, 0.1) is 0 Å². The molecule has 0 aliphatic carbocycles. The minimum atomic E-state index is 1.11. The van der Waals surface area contributed by atoms with E-state index in [9.17, 15) is 0 Å². The van der Waals surface area contributed by atoms with E-state index in [0.29, 0.717) is 0 Å². The Morgan fingerprint density at radius 1 is 0.260 bits per heavy atom. The third-order valence-corrected chi connectivity index (χ3v) is 9.63. The molecule has 0 bridgehead atoms. The van der Waals surface area contributed by atoms with Crippen molar-refractivity contribution in [3.8, 4) is 39.1 Å². The highest BCUT2D eigenvalue weighted by Crippen LogP contribution is 2.38. The van der Waals surface area contributed by atoms with E-state index in [1.165, 1.54) is 55.2 Å². The van der Waals surface area contributed by atoms with E-state index in [-0.39, 0.29) is 0 Å². The first-order chi connectivity index (χ1) is 24.8. The van der Waals surface area contributed by atoms with E-state index in [4.69, 9.17) is 0 Å². The summed E-state index contributed by atoms with van der Waals surface area (Å²) in [5.41, 5.74) is 14.1. The second-order valence-corrected chi connectivity index (χ2v) is 12.6. The van der Waals surface area contributed by atoms with Crippen molar-refractivity contribution in [1.29, 1.82) is 0 Å². The van der Waals surface area contributed by atoms with Gasteiger partial charge in [-0.25, -0.2) is 0 Å². The molecule has 0 saturated heterocycles. The molecule has 8 aromatic carbocycles. The topological polar surface area (TPSA) is 8.17 Å². The Kier molecular flexibility index (Phi) is 7.53. The average molecular weight is 639 g/mol. The van der Waals surface area contributed by atoms with Gasteiger partial charge in [-0.05, 0) is 94.0 Å². The lowest BCUT2D eigenvalue weighted by atomic mass is 10.0. The molecule has 9 aromatic rings. The number of rotatable bonds is 7. The maximum atomic E-state index is 2.36. The molecule has 2 nitrogen and oxygen atoms in total. The first-order valence-corrected chi connectivity index (χ1v) is 17.1. The molecule has 0 radical (unpaired) electrons. The predicted octanol–water partition coefficient (Wildman–Crippen LogP) is 13.3. The number of nitrogens with zero attached hydrogens (tertiary/aromatic N) is 2. The Morgan fingerprint density at radius 2 is 0.560 bits per heavy atom. The zero-order valence-electron chi connectivity index (χ0n) is 27.5. The number of para-hydroxylation sites is 2. The fourth-order valence-electron chi connectivity index (χ4n) is 7.12. The Morgan fingerprint density at radius 3 is 0.940 bits per heavy atom. The Hall–Kier alpha value is -6.64. The highest BCUT2D eigenvalue weighted by Gasteiger charge is 2.15. The highest BCUT2D eigenvalue weighted by atomic mass is 15.1. The van der Waals surface area contributed by atoms with Crippen LogP contribution in [0.5, 0.6) is 0 Å². The molecule has 0 fully saturated rings. The van der Waals surface area contributed by atoms with Gasteiger partial charge in [-0.3, -0.25) is 0 Å². The third kappa shape index (κ3) is 5.43. The Balaban J connectivity index is 1.05.